The van der Waals surface area contributed by atoms with Gasteiger partial charge in [0.15, 0.2) is 0 Å². The summed E-state index contributed by atoms with van der Waals surface area (Å²) in [5.41, 5.74) is 2.63. The van der Waals surface area contributed by atoms with E-state index in [-0.39, 0.29) is 5.82 Å². The van der Waals surface area contributed by atoms with Crippen LogP contribution in [0.3, 0.4) is 0 Å². The van der Waals surface area contributed by atoms with Crippen LogP contribution in [0.25, 0.3) is 0 Å². The molecule has 0 unspecified atom stereocenters. The molecular formula is C14H14FNO2S. The molecule has 0 atom stereocenters. The van der Waals surface area contributed by atoms with Crippen molar-refractivity contribution in [2.45, 2.75) is 20.4 Å². The number of benzene rings is 1. The van der Waals surface area contributed by atoms with Gasteiger partial charge >= 0.3 is 5.97 Å². The highest BCUT2D eigenvalue weighted by atomic mass is 32.1. The smallest absolute Gasteiger partial charge is 0.345 e. The van der Waals surface area contributed by atoms with E-state index in [2.05, 4.69) is 5.32 Å². The van der Waals surface area contributed by atoms with Crippen LogP contribution in [-0.4, -0.2) is 11.1 Å². The van der Waals surface area contributed by atoms with E-state index in [1.54, 1.807) is 12.1 Å². The summed E-state index contributed by atoms with van der Waals surface area (Å²) >= 11 is 1.26. The minimum Gasteiger partial charge on any atom is -0.477 e. The number of aryl methyl sites for hydroxylation is 2. The average Bonchev–Trinajstić information content (AvgIpc) is 2.70. The summed E-state index contributed by atoms with van der Waals surface area (Å²) in [5.74, 6) is -1.17. The number of aromatic carboxylic acids is 1. The molecule has 2 aromatic rings. The fourth-order valence-electron chi connectivity index (χ4n) is 1.82. The first-order valence-electron chi connectivity index (χ1n) is 5.80. The van der Waals surface area contributed by atoms with Crippen molar-refractivity contribution < 1.29 is 14.3 Å². The van der Waals surface area contributed by atoms with Gasteiger partial charge in [-0.3, -0.25) is 0 Å². The zero-order valence-corrected chi connectivity index (χ0v) is 11.5. The third kappa shape index (κ3) is 3.12. The summed E-state index contributed by atoms with van der Waals surface area (Å²) in [6.45, 7) is 4.25. The van der Waals surface area contributed by atoms with Crippen LogP contribution in [-0.2, 0) is 6.54 Å². The molecule has 0 saturated heterocycles. The lowest BCUT2D eigenvalue weighted by Crippen LogP contribution is -2.01. The molecular weight excluding hydrogens is 265 g/mol. The highest BCUT2D eigenvalue weighted by Crippen LogP contribution is 2.23. The number of hydrogen-bond acceptors (Lipinski definition) is 3. The maximum atomic E-state index is 13.0. The molecule has 0 aliphatic rings. The number of carbonyl (C=O) groups is 1. The predicted molar refractivity (Wildman–Crippen MR) is 74.5 cm³/mol. The average molecular weight is 279 g/mol. The lowest BCUT2D eigenvalue weighted by molar-refractivity contribution is 0.0702. The molecule has 2 rings (SSSR count). The van der Waals surface area contributed by atoms with Crippen LogP contribution in [0.5, 0.6) is 0 Å². The molecule has 19 heavy (non-hydrogen) atoms. The fraction of sp³-hybridized carbons (Fsp3) is 0.214. The van der Waals surface area contributed by atoms with Gasteiger partial charge in [-0.15, -0.1) is 11.3 Å². The van der Waals surface area contributed by atoms with E-state index in [0.29, 0.717) is 11.4 Å². The van der Waals surface area contributed by atoms with Crippen molar-refractivity contribution in [3.63, 3.8) is 0 Å². The number of halogens is 1. The molecule has 0 bridgehead atoms. The standard InChI is InChI=1S/C14H14FNO2S/c1-8-5-11(15)3-4-12(8)16-7-10-6-13(14(17)18)19-9(10)2/h3-6,16H,7H2,1-2H3,(H,17,18). The van der Waals surface area contributed by atoms with Gasteiger partial charge in [-0.25, -0.2) is 9.18 Å². The quantitative estimate of drug-likeness (QED) is 0.894. The SMILES string of the molecule is Cc1cc(F)ccc1NCc1cc(C(=O)O)sc1C. The van der Waals surface area contributed by atoms with Crippen LogP contribution < -0.4 is 5.32 Å². The lowest BCUT2D eigenvalue weighted by atomic mass is 10.2. The molecule has 0 aliphatic heterocycles. The van der Waals surface area contributed by atoms with E-state index in [1.165, 1.54) is 23.5 Å². The first-order valence-corrected chi connectivity index (χ1v) is 6.61. The Morgan fingerprint density at radius 1 is 1.37 bits per heavy atom. The summed E-state index contributed by atoms with van der Waals surface area (Å²) in [6.07, 6.45) is 0. The summed E-state index contributed by atoms with van der Waals surface area (Å²) < 4.78 is 13.0. The zero-order valence-electron chi connectivity index (χ0n) is 10.7. The van der Waals surface area contributed by atoms with Gasteiger partial charge in [0.2, 0.25) is 0 Å². The number of carboxylic acid groups (broad SMARTS) is 1. The number of carboxylic acids is 1. The third-order valence-electron chi connectivity index (χ3n) is 2.89. The fourth-order valence-corrected chi connectivity index (χ4v) is 2.70. The van der Waals surface area contributed by atoms with Crippen LogP contribution in [0.4, 0.5) is 10.1 Å². The Kier molecular flexibility index (Phi) is 3.85. The van der Waals surface area contributed by atoms with Crippen molar-refractivity contribution >= 4 is 23.0 Å². The first kappa shape index (κ1) is 13.5. The van der Waals surface area contributed by atoms with Crippen LogP contribution in [0.1, 0.15) is 25.7 Å². The summed E-state index contributed by atoms with van der Waals surface area (Å²) in [7, 11) is 0. The normalized spacial score (nSPS) is 10.5. The van der Waals surface area contributed by atoms with Gasteiger partial charge in [0.05, 0.1) is 0 Å². The van der Waals surface area contributed by atoms with E-state index < -0.39 is 5.97 Å². The third-order valence-corrected chi connectivity index (χ3v) is 3.97. The molecule has 5 heteroatoms. The molecule has 2 N–H and O–H groups in total. The first-order chi connectivity index (χ1) is 8.97. The van der Waals surface area contributed by atoms with Crippen molar-refractivity contribution in [1.82, 2.24) is 0 Å². The molecule has 0 fully saturated rings. The van der Waals surface area contributed by atoms with Crippen molar-refractivity contribution in [2.75, 3.05) is 5.32 Å². The maximum absolute atomic E-state index is 13.0. The number of rotatable bonds is 4. The molecule has 3 nitrogen and oxygen atoms in total. The van der Waals surface area contributed by atoms with Crippen molar-refractivity contribution in [3.8, 4) is 0 Å². The molecule has 0 saturated carbocycles. The minimum absolute atomic E-state index is 0.261. The van der Waals surface area contributed by atoms with E-state index in [9.17, 15) is 9.18 Å². The van der Waals surface area contributed by atoms with E-state index >= 15 is 0 Å². The molecule has 1 heterocycles. The minimum atomic E-state index is -0.905. The molecule has 0 spiro atoms. The van der Waals surface area contributed by atoms with Gasteiger partial charge in [0.25, 0.3) is 0 Å². The number of nitrogens with one attached hydrogen (secondary N) is 1. The van der Waals surface area contributed by atoms with E-state index in [1.807, 2.05) is 13.8 Å². The second kappa shape index (κ2) is 5.40. The molecule has 0 amide bonds. The molecule has 1 aromatic carbocycles. The highest BCUT2D eigenvalue weighted by molar-refractivity contribution is 7.14. The summed E-state index contributed by atoms with van der Waals surface area (Å²) in [6, 6.07) is 6.22. The zero-order chi connectivity index (χ0) is 14.0. The number of anilines is 1. The lowest BCUT2D eigenvalue weighted by Gasteiger charge is -2.09. The van der Waals surface area contributed by atoms with Gasteiger partial charge in [-0.05, 0) is 49.2 Å². The highest BCUT2D eigenvalue weighted by Gasteiger charge is 2.11. The molecule has 0 aliphatic carbocycles. The largest absolute Gasteiger partial charge is 0.477 e. The van der Waals surface area contributed by atoms with E-state index in [4.69, 9.17) is 5.11 Å². The Balaban J connectivity index is 2.12. The van der Waals surface area contributed by atoms with Crippen LogP contribution in [0, 0.1) is 19.7 Å². The Labute approximate surface area is 114 Å². The van der Waals surface area contributed by atoms with E-state index in [0.717, 1.165) is 21.7 Å². The number of thiophene rings is 1. The van der Waals surface area contributed by atoms with Gasteiger partial charge < -0.3 is 10.4 Å². The van der Waals surface area contributed by atoms with Gasteiger partial charge in [-0.2, -0.15) is 0 Å². The molecule has 0 radical (unpaired) electrons. The van der Waals surface area contributed by atoms with Crippen LogP contribution in [0.15, 0.2) is 24.3 Å². The van der Waals surface area contributed by atoms with Gasteiger partial charge in [0.1, 0.15) is 10.7 Å². The predicted octanol–water partition coefficient (Wildman–Crippen LogP) is 3.81. The summed E-state index contributed by atoms with van der Waals surface area (Å²) in [4.78, 5) is 12.2. The van der Waals surface area contributed by atoms with Crippen LogP contribution >= 0.6 is 11.3 Å². The molecule has 1 aromatic heterocycles. The second-order valence-electron chi connectivity index (χ2n) is 4.31. The Hall–Kier alpha value is -1.88. The number of hydrogen-bond donors (Lipinski definition) is 2. The Morgan fingerprint density at radius 2 is 2.11 bits per heavy atom. The second-order valence-corrected chi connectivity index (χ2v) is 5.57. The van der Waals surface area contributed by atoms with Gasteiger partial charge in [-0.1, -0.05) is 0 Å². The Bertz CT molecular complexity index is 622. The maximum Gasteiger partial charge on any atom is 0.345 e. The van der Waals surface area contributed by atoms with Gasteiger partial charge in [0, 0.05) is 17.1 Å². The topological polar surface area (TPSA) is 49.3 Å². The van der Waals surface area contributed by atoms with Crippen molar-refractivity contribution in [1.29, 1.82) is 0 Å². The molecule has 100 valence electrons. The monoisotopic (exact) mass is 279 g/mol. The van der Waals surface area contributed by atoms with Crippen LogP contribution in [0.2, 0.25) is 0 Å². The Morgan fingerprint density at radius 3 is 2.68 bits per heavy atom. The van der Waals surface area contributed by atoms with Crippen molar-refractivity contribution in [3.05, 3.63) is 51.0 Å². The van der Waals surface area contributed by atoms with Crippen molar-refractivity contribution in [2.24, 2.45) is 0 Å². The summed E-state index contributed by atoms with van der Waals surface area (Å²) in [5, 5.41) is 12.1.